The van der Waals surface area contributed by atoms with Crippen LogP contribution in [0.25, 0.3) is 6.08 Å². The Hall–Kier alpha value is -2.25. The predicted octanol–water partition coefficient (Wildman–Crippen LogP) is 5.56. The van der Waals surface area contributed by atoms with E-state index in [1.54, 1.807) is 6.08 Å². The Bertz CT molecular complexity index is 921. The summed E-state index contributed by atoms with van der Waals surface area (Å²) in [5.41, 5.74) is 0.641. The molecule has 1 aliphatic rings. The van der Waals surface area contributed by atoms with Gasteiger partial charge in [-0.3, -0.25) is 4.79 Å². The van der Waals surface area contributed by atoms with Crippen molar-refractivity contribution in [2.45, 2.75) is 13.1 Å². The van der Waals surface area contributed by atoms with Crippen molar-refractivity contribution in [3.8, 4) is 0 Å². The monoisotopic (exact) mass is 396 g/mol. The molecule has 0 saturated carbocycles. The van der Waals surface area contributed by atoms with Gasteiger partial charge in [-0.1, -0.05) is 41.4 Å². The summed E-state index contributed by atoms with van der Waals surface area (Å²) in [6.45, 7) is 1.95. The second-order valence-electron chi connectivity index (χ2n) is 5.55. The maximum Gasteiger partial charge on any atom is 0.418 e. The van der Waals surface area contributed by atoms with E-state index >= 15 is 0 Å². The first-order valence-electron chi connectivity index (χ1n) is 7.45. The molecule has 0 spiro atoms. The zero-order valence-corrected chi connectivity index (χ0v) is 15.0. The molecule has 0 unspecified atom stereocenters. The molecule has 1 fully saturated rings. The molecule has 1 aliphatic heterocycles. The van der Waals surface area contributed by atoms with E-state index in [9.17, 15) is 18.0 Å². The Morgan fingerprint density at radius 2 is 1.85 bits per heavy atom. The van der Waals surface area contributed by atoms with Gasteiger partial charge in [0.15, 0.2) is 5.17 Å². The maximum absolute atomic E-state index is 13.1. The molecule has 1 saturated heterocycles. The minimum atomic E-state index is -4.60. The van der Waals surface area contributed by atoms with Crippen molar-refractivity contribution in [1.82, 2.24) is 5.32 Å². The van der Waals surface area contributed by atoms with Gasteiger partial charge in [-0.2, -0.15) is 13.2 Å². The van der Waals surface area contributed by atoms with Gasteiger partial charge in [-0.25, -0.2) is 4.99 Å². The van der Waals surface area contributed by atoms with Crippen LogP contribution in [-0.4, -0.2) is 11.1 Å². The fourth-order valence-corrected chi connectivity index (χ4v) is 3.24. The van der Waals surface area contributed by atoms with Crippen LogP contribution in [0.15, 0.2) is 52.4 Å². The average molecular weight is 397 g/mol. The number of rotatable bonds is 2. The van der Waals surface area contributed by atoms with E-state index in [1.165, 1.54) is 12.1 Å². The lowest BCUT2D eigenvalue weighted by molar-refractivity contribution is -0.137. The van der Waals surface area contributed by atoms with Gasteiger partial charge >= 0.3 is 6.18 Å². The standard InChI is InChI=1S/C18H12ClF3N2OS/c1-10-2-4-11(5-3-10)8-15-16(25)24-17(26-15)23-14-7-6-12(19)9-13(14)18(20,21)22/h2-9H,1H3,(H,23,24,25)/b15-8-. The molecule has 2 aromatic carbocycles. The largest absolute Gasteiger partial charge is 0.418 e. The molecule has 3 nitrogen and oxygen atoms in total. The molecule has 3 rings (SSSR count). The minimum absolute atomic E-state index is 0.0376. The molecule has 0 aromatic heterocycles. The highest BCUT2D eigenvalue weighted by molar-refractivity contribution is 8.18. The number of amidine groups is 1. The molecular weight excluding hydrogens is 385 g/mol. The number of aliphatic imine (C=N–C) groups is 1. The molecule has 1 heterocycles. The Kier molecular flexibility index (Phi) is 5.11. The fraction of sp³-hybridized carbons (Fsp3) is 0.111. The van der Waals surface area contributed by atoms with Gasteiger partial charge in [-0.05, 0) is 48.5 Å². The third-order valence-corrected chi connectivity index (χ3v) is 4.66. The van der Waals surface area contributed by atoms with Gasteiger partial charge in [0, 0.05) is 5.02 Å². The minimum Gasteiger partial charge on any atom is -0.300 e. The van der Waals surface area contributed by atoms with Crippen LogP contribution in [0.3, 0.4) is 0 Å². The number of alkyl halides is 3. The third kappa shape index (κ3) is 4.28. The summed E-state index contributed by atoms with van der Waals surface area (Å²) in [6.07, 6.45) is -2.94. The highest BCUT2D eigenvalue weighted by Gasteiger charge is 2.34. The number of thioether (sulfide) groups is 1. The molecule has 2 aromatic rings. The van der Waals surface area contributed by atoms with Gasteiger partial charge in [0.2, 0.25) is 0 Å². The Balaban J connectivity index is 1.90. The number of halogens is 4. The molecule has 26 heavy (non-hydrogen) atoms. The SMILES string of the molecule is Cc1ccc(/C=C2\SC(=Nc3ccc(Cl)cc3C(F)(F)F)NC2=O)cc1. The van der Waals surface area contributed by atoms with Crippen LogP contribution in [0.4, 0.5) is 18.9 Å². The van der Waals surface area contributed by atoms with Crippen LogP contribution < -0.4 is 5.32 Å². The number of nitrogens with one attached hydrogen (secondary N) is 1. The van der Waals surface area contributed by atoms with E-state index in [0.717, 1.165) is 29.0 Å². The van der Waals surface area contributed by atoms with Crippen LogP contribution in [0, 0.1) is 6.92 Å². The topological polar surface area (TPSA) is 41.5 Å². The van der Waals surface area contributed by atoms with Gasteiger partial charge < -0.3 is 5.32 Å². The normalized spacial score (nSPS) is 17.8. The quantitative estimate of drug-likeness (QED) is 0.675. The number of benzene rings is 2. The van der Waals surface area contributed by atoms with Crippen molar-refractivity contribution in [3.63, 3.8) is 0 Å². The zero-order valence-electron chi connectivity index (χ0n) is 13.4. The average Bonchev–Trinajstić information content (AvgIpc) is 2.90. The summed E-state index contributed by atoms with van der Waals surface area (Å²) in [4.78, 5) is 16.4. The smallest absolute Gasteiger partial charge is 0.300 e. The molecule has 8 heteroatoms. The molecule has 1 amide bonds. The second kappa shape index (κ2) is 7.17. The van der Waals surface area contributed by atoms with Crippen molar-refractivity contribution in [3.05, 3.63) is 69.1 Å². The zero-order chi connectivity index (χ0) is 18.9. The van der Waals surface area contributed by atoms with Crippen LogP contribution >= 0.6 is 23.4 Å². The van der Waals surface area contributed by atoms with Gasteiger partial charge in [0.1, 0.15) is 0 Å². The molecule has 0 bridgehead atoms. The number of amides is 1. The molecule has 134 valence electrons. The van der Waals surface area contributed by atoms with Crippen LogP contribution in [0.1, 0.15) is 16.7 Å². The van der Waals surface area contributed by atoms with Crippen molar-refractivity contribution < 1.29 is 18.0 Å². The lowest BCUT2D eigenvalue weighted by Gasteiger charge is -2.10. The van der Waals surface area contributed by atoms with E-state index in [0.29, 0.717) is 4.91 Å². The molecule has 0 radical (unpaired) electrons. The van der Waals surface area contributed by atoms with E-state index in [2.05, 4.69) is 10.3 Å². The first-order chi connectivity index (χ1) is 12.2. The van der Waals surface area contributed by atoms with E-state index < -0.39 is 17.6 Å². The summed E-state index contributed by atoms with van der Waals surface area (Å²) in [7, 11) is 0. The number of carbonyl (C=O) groups excluding carboxylic acids is 1. The summed E-state index contributed by atoms with van der Waals surface area (Å²) in [5, 5.41) is 2.53. The summed E-state index contributed by atoms with van der Waals surface area (Å²) in [6, 6.07) is 10.8. The summed E-state index contributed by atoms with van der Waals surface area (Å²) < 4.78 is 39.4. The van der Waals surface area contributed by atoms with E-state index in [4.69, 9.17) is 11.6 Å². The van der Waals surface area contributed by atoms with Gasteiger partial charge in [0.25, 0.3) is 5.91 Å². The Morgan fingerprint density at radius 3 is 2.50 bits per heavy atom. The number of nitrogens with zero attached hydrogens (tertiary/aromatic N) is 1. The number of aryl methyl sites for hydroxylation is 1. The second-order valence-corrected chi connectivity index (χ2v) is 7.02. The van der Waals surface area contributed by atoms with Gasteiger partial charge in [0.05, 0.1) is 16.2 Å². The first-order valence-corrected chi connectivity index (χ1v) is 8.65. The van der Waals surface area contributed by atoms with E-state index in [-0.39, 0.29) is 15.9 Å². The lowest BCUT2D eigenvalue weighted by Crippen LogP contribution is -2.19. The molecule has 1 N–H and O–H groups in total. The Morgan fingerprint density at radius 1 is 1.15 bits per heavy atom. The maximum atomic E-state index is 13.1. The van der Waals surface area contributed by atoms with Crippen LogP contribution in [-0.2, 0) is 11.0 Å². The number of carbonyl (C=O) groups is 1. The number of hydrogen-bond donors (Lipinski definition) is 1. The van der Waals surface area contributed by atoms with Crippen molar-refractivity contribution in [2.75, 3.05) is 0 Å². The van der Waals surface area contributed by atoms with Crippen molar-refractivity contribution in [2.24, 2.45) is 4.99 Å². The molecule has 0 atom stereocenters. The van der Waals surface area contributed by atoms with Crippen LogP contribution in [0.5, 0.6) is 0 Å². The summed E-state index contributed by atoms with van der Waals surface area (Å²) in [5.74, 6) is -0.406. The third-order valence-electron chi connectivity index (χ3n) is 3.51. The predicted molar refractivity (Wildman–Crippen MR) is 98.4 cm³/mol. The summed E-state index contributed by atoms with van der Waals surface area (Å²) >= 11 is 6.64. The number of hydrogen-bond acceptors (Lipinski definition) is 3. The van der Waals surface area contributed by atoms with Crippen molar-refractivity contribution >= 4 is 46.2 Å². The van der Waals surface area contributed by atoms with E-state index in [1.807, 2.05) is 31.2 Å². The molecular formula is C18H12ClF3N2OS. The fourth-order valence-electron chi connectivity index (χ4n) is 2.24. The molecule has 0 aliphatic carbocycles. The van der Waals surface area contributed by atoms with Crippen LogP contribution in [0.2, 0.25) is 5.02 Å². The lowest BCUT2D eigenvalue weighted by atomic mass is 10.1. The highest BCUT2D eigenvalue weighted by Crippen LogP contribution is 2.39. The Labute approximate surface area is 157 Å². The first kappa shape index (κ1) is 18.5. The van der Waals surface area contributed by atoms with Crippen molar-refractivity contribution in [1.29, 1.82) is 0 Å². The van der Waals surface area contributed by atoms with Gasteiger partial charge in [-0.15, -0.1) is 0 Å². The highest BCUT2D eigenvalue weighted by atomic mass is 35.5.